The molecular weight excluding hydrogens is 180 g/mol. The molecule has 0 aliphatic carbocycles. The first-order chi connectivity index (χ1) is 6.65. The summed E-state index contributed by atoms with van der Waals surface area (Å²) < 4.78 is 0. The van der Waals surface area contributed by atoms with Gasteiger partial charge in [0.25, 0.3) is 0 Å². The van der Waals surface area contributed by atoms with Crippen molar-refractivity contribution in [2.45, 2.75) is 31.8 Å². The summed E-state index contributed by atoms with van der Waals surface area (Å²) in [4.78, 5) is 11.4. The van der Waals surface area contributed by atoms with Crippen LogP contribution in [-0.4, -0.2) is 29.9 Å². The van der Waals surface area contributed by atoms with E-state index in [1.165, 1.54) is 0 Å². The van der Waals surface area contributed by atoms with Gasteiger partial charge in [0.2, 0.25) is 0 Å². The van der Waals surface area contributed by atoms with Crippen molar-refractivity contribution in [2.24, 2.45) is 0 Å². The molecule has 1 saturated heterocycles. The third kappa shape index (κ3) is 1.88. The van der Waals surface area contributed by atoms with Crippen molar-refractivity contribution < 1.29 is 4.79 Å². The molecular formula is C9H16N4O. The molecule has 5 nitrogen and oxygen atoms in total. The average molecular weight is 196 g/mol. The molecule has 1 fully saturated rings. The van der Waals surface area contributed by atoms with Gasteiger partial charge in [0.05, 0.1) is 11.7 Å². The third-order valence-electron chi connectivity index (χ3n) is 2.54. The van der Waals surface area contributed by atoms with Gasteiger partial charge in [-0.3, -0.25) is 9.80 Å². The Balaban J connectivity index is 2.03. The van der Waals surface area contributed by atoms with E-state index < -0.39 is 0 Å². The first-order valence-electron chi connectivity index (χ1n) is 4.89. The van der Waals surface area contributed by atoms with Crippen LogP contribution in [0.3, 0.4) is 0 Å². The first kappa shape index (κ1) is 9.48. The number of piperidine rings is 1. The fourth-order valence-corrected chi connectivity index (χ4v) is 1.92. The number of Topliss-reactive ketones (excluding diaryl/α,β-unsaturated/α-hetero) is 1. The molecule has 3 N–H and O–H groups in total. The van der Waals surface area contributed by atoms with E-state index in [1.807, 2.05) is 25.2 Å². The highest BCUT2D eigenvalue weighted by molar-refractivity contribution is 5.81. The minimum absolute atomic E-state index is 0.128. The van der Waals surface area contributed by atoms with E-state index in [9.17, 15) is 4.79 Å². The zero-order valence-electron chi connectivity index (χ0n) is 8.50. The number of rotatable bonds is 1. The zero-order chi connectivity index (χ0) is 10.1. The smallest absolute Gasteiger partial charge is 0.136 e. The van der Waals surface area contributed by atoms with Gasteiger partial charge in [-0.05, 0) is 6.92 Å². The molecule has 0 aromatic rings. The second-order valence-corrected chi connectivity index (χ2v) is 4.00. The van der Waals surface area contributed by atoms with E-state index in [1.54, 1.807) is 0 Å². The van der Waals surface area contributed by atoms with Crippen molar-refractivity contribution in [1.29, 1.82) is 0 Å². The highest BCUT2D eigenvalue weighted by atomic mass is 16.1. The Bertz CT molecular complexity index is 276. The summed E-state index contributed by atoms with van der Waals surface area (Å²) >= 11 is 0. The van der Waals surface area contributed by atoms with Gasteiger partial charge >= 0.3 is 0 Å². The SMILES string of the molecule is C[C@H]1CC(=O)CC(C2=CN(C)NN2)N1. The van der Waals surface area contributed by atoms with Crippen LogP contribution >= 0.6 is 0 Å². The van der Waals surface area contributed by atoms with Crippen LogP contribution in [-0.2, 0) is 4.79 Å². The van der Waals surface area contributed by atoms with Gasteiger partial charge in [-0.2, -0.15) is 0 Å². The zero-order valence-corrected chi connectivity index (χ0v) is 8.50. The van der Waals surface area contributed by atoms with Crippen LogP contribution in [0.15, 0.2) is 11.9 Å². The first-order valence-corrected chi connectivity index (χ1v) is 4.89. The average Bonchev–Trinajstić information content (AvgIpc) is 2.50. The number of nitrogens with one attached hydrogen (secondary N) is 3. The number of hydrogen-bond acceptors (Lipinski definition) is 5. The monoisotopic (exact) mass is 196 g/mol. The maximum Gasteiger partial charge on any atom is 0.136 e. The second-order valence-electron chi connectivity index (χ2n) is 4.00. The van der Waals surface area contributed by atoms with Gasteiger partial charge in [-0.25, -0.2) is 0 Å². The van der Waals surface area contributed by atoms with Crippen LogP contribution in [0.5, 0.6) is 0 Å². The lowest BCUT2D eigenvalue weighted by atomic mass is 9.96. The topological polar surface area (TPSA) is 56.4 Å². The normalized spacial score (nSPS) is 32.9. The molecule has 0 radical (unpaired) electrons. The number of hydrogen-bond donors (Lipinski definition) is 3. The van der Waals surface area contributed by atoms with E-state index in [2.05, 4.69) is 16.3 Å². The van der Waals surface area contributed by atoms with E-state index in [4.69, 9.17) is 0 Å². The molecule has 0 aromatic heterocycles. The van der Waals surface area contributed by atoms with Crippen LogP contribution in [0, 0.1) is 0 Å². The molecule has 2 rings (SSSR count). The summed E-state index contributed by atoms with van der Waals surface area (Å²) in [6, 6.07) is 0.401. The maximum atomic E-state index is 11.4. The molecule has 2 heterocycles. The van der Waals surface area contributed by atoms with Crippen LogP contribution < -0.4 is 16.3 Å². The van der Waals surface area contributed by atoms with E-state index >= 15 is 0 Å². The van der Waals surface area contributed by atoms with Gasteiger partial charge in [0, 0.05) is 32.1 Å². The number of hydrazine groups is 2. The lowest BCUT2D eigenvalue weighted by Gasteiger charge is -2.28. The molecule has 78 valence electrons. The Labute approximate surface area is 83.5 Å². The Morgan fingerprint density at radius 3 is 2.86 bits per heavy atom. The number of carbonyl (C=O) groups excluding carboxylic acids is 1. The molecule has 1 unspecified atom stereocenters. The predicted octanol–water partition coefficient (Wildman–Crippen LogP) is -0.508. The molecule has 2 aliphatic heterocycles. The Hall–Kier alpha value is -1.07. The Morgan fingerprint density at radius 1 is 1.50 bits per heavy atom. The maximum absolute atomic E-state index is 11.4. The standard InChI is InChI=1S/C9H16N4O/c1-6-3-7(14)4-8(10-6)9-5-13(2)12-11-9/h5-6,8,10-12H,3-4H2,1-2H3/t6-,8?/m0/s1. The predicted molar refractivity (Wildman–Crippen MR) is 52.7 cm³/mol. The molecule has 14 heavy (non-hydrogen) atoms. The van der Waals surface area contributed by atoms with Crippen LogP contribution in [0.1, 0.15) is 19.8 Å². The van der Waals surface area contributed by atoms with Gasteiger partial charge in [-0.15, -0.1) is 5.53 Å². The summed E-state index contributed by atoms with van der Waals surface area (Å²) in [7, 11) is 1.91. The number of carbonyl (C=O) groups is 1. The van der Waals surface area contributed by atoms with Crippen LogP contribution in [0.25, 0.3) is 0 Å². The number of ketones is 1. The molecule has 2 atom stereocenters. The molecule has 0 spiro atoms. The molecule has 0 amide bonds. The Kier molecular flexibility index (Phi) is 2.43. The fourth-order valence-electron chi connectivity index (χ4n) is 1.92. The third-order valence-corrected chi connectivity index (χ3v) is 2.54. The lowest BCUT2D eigenvalue weighted by Crippen LogP contribution is -2.48. The van der Waals surface area contributed by atoms with Crippen molar-refractivity contribution in [3.8, 4) is 0 Å². The minimum atomic E-state index is 0.128. The molecule has 0 aromatic carbocycles. The quantitative estimate of drug-likeness (QED) is 0.527. The fraction of sp³-hybridized carbons (Fsp3) is 0.667. The van der Waals surface area contributed by atoms with Crippen LogP contribution in [0.4, 0.5) is 0 Å². The van der Waals surface area contributed by atoms with E-state index in [-0.39, 0.29) is 12.1 Å². The highest BCUT2D eigenvalue weighted by Gasteiger charge is 2.28. The van der Waals surface area contributed by atoms with Gasteiger partial charge < -0.3 is 10.7 Å². The van der Waals surface area contributed by atoms with Crippen molar-refractivity contribution in [2.75, 3.05) is 7.05 Å². The summed E-state index contributed by atoms with van der Waals surface area (Å²) in [5.74, 6) is 0.332. The molecule has 0 bridgehead atoms. The summed E-state index contributed by atoms with van der Waals surface area (Å²) in [5.41, 5.74) is 7.01. The summed E-state index contributed by atoms with van der Waals surface area (Å²) in [5, 5.41) is 5.23. The van der Waals surface area contributed by atoms with Crippen molar-refractivity contribution in [3.63, 3.8) is 0 Å². The molecule has 0 saturated carbocycles. The van der Waals surface area contributed by atoms with E-state index in [0.29, 0.717) is 18.6 Å². The molecule has 2 aliphatic rings. The van der Waals surface area contributed by atoms with Gasteiger partial charge in [0.15, 0.2) is 0 Å². The van der Waals surface area contributed by atoms with Crippen molar-refractivity contribution in [1.82, 2.24) is 21.3 Å². The van der Waals surface area contributed by atoms with Gasteiger partial charge in [0.1, 0.15) is 5.78 Å². The molecule has 5 heteroatoms. The lowest BCUT2D eigenvalue weighted by molar-refractivity contribution is -0.121. The minimum Gasteiger partial charge on any atom is -0.305 e. The largest absolute Gasteiger partial charge is 0.305 e. The summed E-state index contributed by atoms with van der Waals surface area (Å²) in [6.45, 7) is 2.04. The second kappa shape index (κ2) is 3.59. The van der Waals surface area contributed by atoms with Crippen LogP contribution in [0.2, 0.25) is 0 Å². The Morgan fingerprint density at radius 2 is 2.29 bits per heavy atom. The highest BCUT2D eigenvalue weighted by Crippen LogP contribution is 2.15. The van der Waals surface area contributed by atoms with Crippen molar-refractivity contribution >= 4 is 5.78 Å². The van der Waals surface area contributed by atoms with E-state index in [0.717, 1.165) is 5.70 Å². The van der Waals surface area contributed by atoms with Crippen molar-refractivity contribution in [3.05, 3.63) is 11.9 Å². The number of nitrogens with zero attached hydrogens (tertiary/aromatic N) is 1. The summed E-state index contributed by atoms with van der Waals surface area (Å²) in [6.07, 6.45) is 3.19. The van der Waals surface area contributed by atoms with Gasteiger partial charge in [-0.1, -0.05) is 0 Å².